The standard InChI is InChI=1S/C29H35F3N4O4/c1-28(2,39)20-7-4-6-18(10-12-20)11-13-21(37)17-36-16-19-14-24(25(40-3)15-23(19)35-36)34-27(38)22-8-5-9-26(33-22)29(30,31)32/h5,8-9,14-16,18,20,39H,4,6-7,10-13,17H2,1-3H3,(H,34,38). The normalized spacial score (nSPS) is 18.4. The second kappa shape index (κ2) is 12.0. The van der Waals surface area contributed by atoms with E-state index in [0.717, 1.165) is 50.7 Å². The number of hydrogen-bond acceptors (Lipinski definition) is 6. The summed E-state index contributed by atoms with van der Waals surface area (Å²) in [5.74, 6) is 0.264. The minimum absolute atomic E-state index is 0.0622. The molecule has 0 aliphatic heterocycles. The molecule has 8 nitrogen and oxygen atoms in total. The third kappa shape index (κ3) is 7.38. The molecule has 1 aliphatic carbocycles. The molecule has 1 amide bonds. The topological polar surface area (TPSA) is 106 Å². The molecule has 1 aromatic carbocycles. The van der Waals surface area contributed by atoms with E-state index >= 15 is 0 Å². The first-order valence-corrected chi connectivity index (χ1v) is 13.5. The van der Waals surface area contributed by atoms with Crippen molar-refractivity contribution in [3.63, 3.8) is 0 Å². The SMILES string of the molecule is COc1cc2nn(CC(=O)CCC3CCCC(C(C)(C)O)CC3)cc2cc1NC(=O)c1cccc(C(F)(F)F)n1. The smallest absolute Gasteiger partial charge is 0.433 e. The highest BCUT2D eigenvalue weighted by Crippen LogP contribution is 2.35. The van der Waals surface area contributed by atoms with Crippen molar-refractivity contribution in [2.75, 3.05) is 12.4 Å². The highest BCUT2D eigenvalue weighted by atomic mass is 19.4. The Morgan fingerprint density at radius 2 is 1.93 bits per heavy atom. The zero-order valence-corrected chi connectivity index (χ0v) is 22.9. The van der Waals surface area contributed by atoms with Gasteiger partial charge in [0.15, 0.2) is 5.78 Å². The molecule has 2 N–H and O–H groups in total. The summed E-state index contributed by atoms with van der Waals surface area (Å²) in [5, 5.41) is 18.0. The van der Waals surface area contributed by atoms with Gasteiger partial charge in [0.05, 0.1) is 30.5 Å². The maximum absolute atomic E-state index is 13.0. The van der Waals surface area contributed by atoms with E-state index in [4.69, 9.17) is 4.74 Å². The predicted octanol–water partition coefficient (Wildman–Crippen LogP) is 6.03. The van der Waals surface area contributed by atoms with Gasteiger partial charge in [-0.2, -0.15) is 18.3 Å². The quantitative estimate of drug-likeness (QED) is 0.310. The van der Waals surface area contributed by atoms with Crippen molar-refractivity contribution in [1.82, 2.24) is 14.8 Å². The molecule has 1 aliphatic rings. The number of benzene rings is 1. The Bertz CT molecular complexity index is 1360. The number of carbonyl (C=O) groups excluding carboxylic acids is 2. The van der Waals surface area contributed by atoms with E-state index in [1.54, 1.807) is 23.0 Å². The second-order valence-corrected chi connectivity index (χ2v) is 11.1. The van der Waals surface area contributed by atoms with Gasteiger partial charge in [-0.1, -0.05) is 25.3 Å². The number of ketones is 1. The van der Waals surface area contributed by atoms with Crippen LogP contribution in [0.4, 0.5) is 18.9 Å². The number of amides is 1. The number of rotatable bonds is 9. The van der Waals surface area contributed by atoms with Crippen molar-refractivity contribution >= 4 is 28.3 Å². The molecule has 2 aromatic heterocycles. The minimum Gasteiger partial charge on any atom is -0.494 e. The molecule has 2 heterocycles. The first-order chi connectivity index (χ1) is 18.8. The highest BCUT2D eigenvalue weighted by Gasteiger charge is 2.33. The summed E-state index contributed by atoms with van der Waals surface area (Å²) in [4.78, 5) is 28.8. The second-order valence-electron chi connectivity index (χ2n) is 11.1. The van der Waals surface area contributed by atoms with E-state index in [2.05, 4.69) is 15.4 Å². The van der Waals surface area contributed by atoms with Crippen molar-refractivity contribution in [3.05, 3.63) is 47.9 Å². The van der Waals surface area contributed by atoms with Gasteiger partial charge in [-0.15, -0.1) is 0 Å². The van der Waals surface area contributed by atoms with Gasteiger partial charge < -0.3 is 15.2 Å². The van der Waals surface area contributed by atoms with Gasteiger partial charge >= 0.3 is 6.18 Å². The minimum atomic E-state index is -4.67. The Hall–Kier alpha value is -3.47. The van der Waals surface area contributed by atoms with Crippen molar-refractivity contribution < 1.29 is 32.6 Å². The Morgan fingerprint density at radius 1 is 1.15 bits per heavy atom. The van der Waals surface area contributed by atoms with Crippen LogP contribution in [-0.2, 0) is 17.5 Å². The Kier molecular flexibility index (Phi) is 8.82. The molecule has 3 aromatic rings. The van der Waals surface area contributed by atoms with Crippen molar-refractivity contribution in [1.29, 1.82) is 0 Å². The van der Waals surface area contributed by atoms with Crippen LogP contribution in [0.15, 0.2) is 36.5 Å². The number of anilines is 1. The lowest BCUT2D eigenvalue weighted by Crippen LogP contribution is -2.30. The Morgan fingerprint density at radius 3 is 2.62 bits per heavy atom. The largest absolute Gasteiger partial charge is 0.494 e. The predicted molar refractivity (Wildman–Crippen MR) is 144 cm³/mol. The molecule has 0 saturated heterocycles. The molecular weight excluding hydrogens is 525 g/mol. The van der Waals surface area contributed by atoms with Gasteiger partial charge in [-0.05, 0) is 63.1 Å². The number of methoxy groups -OCH3 is 1. The number of ether oxygens (including phenoxy) is 1. The molecule has 2 unspecified atom stereocenters. The lowest BCUT2D eigenvalue weighted by molar-refractivity contribution is -0.141. The monoisotopic (exact) mass is 560 g/mol. The fraction of sp³-hybridized carbons (Fsp3) is 0.517. The summed E-state index contributed by atoms with van der Waals surface area (Å²) >= 11 is 0. The molecule has 0 radical (unpaired) electrons. The number of nitrogens with zero attached hydrogens (tertiary/aromatic N) is 3. The zero-order chi connectivity index (χ0) is 29.1. The summed E-state index contributed by atoms with van der Waals surface area (Å²) < 4.78 is 45.9. The maximum atomic E-state index is 13.0. The van der Waals surface area contributed by atoms with Crippen LogP contribution in [0.2, 0.25) is 0 Å². The number of nitrogens with one attached hydrogen (secondary N) is 1. The van der Waals surface area contributed by atoms with E-state index in [1.807, 2.05) is 13.8 Å². The molecular formula is C29H35F3N4O4. The number of hydrogen-bond donors (Lipinski definition) is 2. The highest BCUT2D eigenvalue weighted by molar-refractivity contribution is 6.05. The van der Waals surface area contributed by atoms with Crippen LogP contribution in [0.3, 0.4) is 0 Å². The van der Waals surface area contributed by atoms with Gasteiger partial charge in [-0.25, -0.2) is 4.98 Å². The number of aliphatic hydroxyl groups is 1. The van der Waals surface area contributed by atoms with Crippen LogP contribution in [0.5, 0.6) is 5.75 Å². The van der Waals surface area contributed by atoms with Crippen LogP contribution in [0.1, 0.15) is 75.0 Å². The van der Waals surface area contributed by atoms with Crippen LogP contribution in [0, 0.1) is 11.8 Å². The van der Waals surface area contributed by atoms with Gasteiger partial charge in [0.1, 0.15) is 17.1 Å². The number of aromatic nitrogens is 3. The number of Topliss-reactive ketones (excluding diaryl/α,β-unsaturated/α-hetero) is 1. The summed E-state index contributed by atoms with van der Waals surface area (Å²) in [5.41, 5.74) is -1.44. The van der Waals surface area contributed by atoms with Crippen LogP contribution in [0.25, 0.3) is 10.9 Å². The number of fused-ring (bicyclic) bond motifs is 1. The Labute approximate surface area is 230 Å². The van der Waals surface area contributed by atoms with E-state index < -0.39 is 23.4 Å². The fourth-order valence-corrected chi connectivity index (χ4v) is 5.36. The van der Waals surface area contributed by atoms with Crippen LogP contribution < -0.4 is 10.1 Å². The molecule has 0 spiro atoms. The zero-order valence-electron chi connectivity index (χ0n) is 22.9. The first-order valence-electron chi connectivity index (χ1n) is 13.5. The van der Waals surface area contributed by atoms with Gasteiger partial charge in [0.2, 0.25) is 0 Å². The van der Waals surface area contributed by atoms with Gasteiger partial charge in [0, 0.05) is 24.1 Å². The lowest BCUT2D eigenvalue weighted by Gasteiger charge is -2.28. The van der Waals surface area contributed by atoms with Crippen LogP contribution >= 0.6 is 0 Å². The van der Waals surface area contributed by atoms with E-state index in [-0.39, 0.29) is 35.4 Å². The number of halogens is 3. The molecule has 11 heteroatoms. The maximum Gasteiger partial charge on any atom is 0.433 e. The molecule has 216 valence electrons. The number of pyridine rings is 1. The summed E-state index contributed by atoms with van der Waals surface area (Å²) in [6.07, 6.45) is 3.39. The van der Waals surface area contributed by atoms with Crippen LogP contribution in [-0.4, -0.2) is 44.3 Å². The van der Waals surface area contributed by atoms with Crippen molar-refractivity contribution in [2.24, 2.45) is 11.8 Å². The average Bonchev–Trinajstić information content (AvgIpc) is 3.10. The molecule has 1 saturated carbocycles. The Balaban J connectivity index is 1.39. The third-order valence-corrected chi connectivity index (χ3v) is 7.65. The fourth-order valence-electron chi connectivity index (χ4n) is 5.36. The molecule has 40 heavy (non-hydrogen) atoms. The molecule has 2 atom stereocenters. The summed E-state index contributed by atoms with van der Waals surface area (Å²) in [6.45, 7) is 3.84. The third-order valence-electron chi connectivity index (χ3n) is 7.65. The number of alkyl halides is 3. The van der Waals surface area contributed by atoms with Gasteiger partial charge in [-0.3, -0.25) is 14.3 Å². The lowest BCUT2D eigenvalue weighted by atomic mass is 9.84. The average molecular weight is 561 g/mol. The van der Waals surface area contributed by atoms with E-state index in [1.165, 1.54) is 13.2 Å². The summed E-state index contributed by atoms with van der Waals surface area (Å²) in [6, 6.07) is 6.30. The van der Waals surface area contributed by atoms with E-state index in [9.17, 15) is 27.9 Å². The number of carbonyl (C=O) groups is 2. The van der Waals surface area contributed by atoms with Gasteiger partial charge in [0.25, 0.3) is 5.91 Å². The van der Waals surface area contributed by atoms with Crippen molar-refractivity contribution in [2.45, 2.75) is 77.1 Å². The molecule has 1 fully saturated rings. The van der Waals surface area contributed by atoms with E-state index in [0.29, 0.717) is 23.2 Å². The molecule has 4 rings (SSSR count). The summed E-state index contributed by atoms with van der Waals surface area (Å²) in [7, 11) is 1.40. The first kappa shape index (κ1) is 29.5. The van der Waals surface area contributed by atoms with Crippen molar-refractivity contribution in [3.8, 4) is 5.75 Å². The molecule has 0 bridgehead atoms.